The Kier molecular flexibility index (Phi) is 3.69. The molecule has 0 N–H and O–H groups in total. The Morgan fingerprint density at radius 3 is 2.50 bits per heavy atom. The van der Waals surface area contributed by atoms with Gasteiger partial charge in [0.1, 0.15) is 5.82 Å². The zero-order valence-corrected chi connectivity index (χ0v) is 11.2. The van der Waals surface area contributed by atoms with Gasteiger partial charge in [0.05, 0.1) is 5.56 Å². The molecule has 1 aliphatic rings. The monoisotopic (exact) mass is 249 g/mol. The first kappa shape index (κ1) is 13.1. The van der Waals surface area contributed by atoms with Crippen molar-refractivity contribution >= 4 is 5.91 Å². The second-order valence-electron chi connectivity index (χ2n) is 5.59. The van der Waals surface area contributed by atoms with Crippen molar-refractivity contribution in [1.29, 1.82) is 0 Å². The van der Waals surface area contributed by atoms with Gasteiger partial charge >= 0.3 is 0 Å². The maximum atomic E-state index is 14.0. The van der Waals surface area contributed by atoms with Gasteiger partial charge in [0.25, 0.3) is 5.91 Å². The van der Waals surface area contributed by atoms with E-state index in [1.165, 1.54) is 0 Å². The molecule has 1 saturated heterocycles. The van der Waals surface area contributed by atoms with Crippen LogP contribution in [0.2, 0.25) is 0 Å². The molecule has 18 heavy (non-hydrogen) atoms. The third kappa shape index (κ3) is 2.55. The van der Waals surface area contributed by atoms with Crippen LogP contribution in [0.3, 0.4) is 0 Å². The van der Waals surface area contributed by atoms with Crippen LogP contribution in [0.25, 0.3) is 0 Å². The number of amides is 1. The molecule has 0 aromatic heterocycles. The van der Waals surface area contributed by atoms with Gasteiger partial charge in [0.15, 0.2) is 0 Å². The van der Waals surface area contributed by atoms with Gasteiger partial charge in [0, 0.05) is 13.1 Å². The Labute approximate surface area is 108 Å². The molecule has 2 unspecified atom stereocenters. The van der Waals surface area contributed by atoms with Crippen molar-refractivity contribution in [3.8, 4) is 0 Å². The average Bonchev–Trinajstić information content (AvgIpc) is 2.30. The number of hydrogen-bond acceptors (Lipinski definition) is 1. The van der Waals surface area contributed by atoms with Crippen molar-refractivity contribution in [2.75, 3.05) is 13.1 Å². The first-order valence-electron chi connectivity index (χ1n) is 6.53. The fraction of sp³-hybridized carbons (Fsp3) is 0.533. The minimum absolute atomic E-state index is 0.172. The molecular formula is C15H20FNO. The SMILES string of the molecule is Cc1cccc(C(=O)N2CC(C)CC(C)C2)c1F. The molecule has 0 saturated carbocycles. The van der Waals surface area contributed by atoms with Crippen LogP contribution < -0.4 is 0 Å². The molecule has 2 atom stereocenters. The highest BCUT2D eigenvalue weighted by Crippen LogP contribution is 2.23. The fourth-order valence-electron chi connectivity index (χ4n) is 2.81. The summed E-state index contributed by atoms with van der Waals surface area (Å²) in [5.74, 6) is 0.430. The predicted molar refractivity (Wildman–Crippen MR) is 70.0 cm³/mol. The summed E-state index contributed by atoms with van der Waals surface area (Å²) in [6.45, 7) is 7.44. The maximum absolute atomic E-state index is 14.0. The topological polar surface area (TPSA) is 20.3 Å². The second-order valence-corrected chi connectivity index (χ2v) is 5.59. The number of nitrogens with zero attached hydrogens (tertiary/aromatic N) is 1. The Bertz CT molecular complexity index is 448. The highest BCUT2D eigenvalue weighted by Gasteiger charge is 2.27. The molecule has 3 heteroatoms. The third-order valence-corrected chi connectivity index (χ3v) is 3.58. The molecule has 1 aromatic rings. The van der Waals surface area contributed by atoms with E-state index in [2.05, 4.69) is 13.8 Å². The van der Waals surface area contributed by atoms with Crippen LogP contribution >= 0.6 is 0 Å². The summed E-state index contributed by atoms with van der Waals surface area (Å²) >= 11 is 0. The van der Waals surface area contributed by atoms with Crippen molar-refractivity contribution in [1.82, 2.24) is 4.90 Å². The zero-order chi connectivity index (χ0) is 13.3. The minimum atomic E-state index is -0.381. The lowest BCUT2D eigenvalue weighted by molar-refractivity contribution is 0.0618. The lowest BCUT2D eigenvalue weighted by Crippen LogP contribution is -2.42. The van der Waals surface area contributed by atoms with E-state index in [0.717, 1.165) is 19.5 Å². The summed E-state index contributed by atoms with van der Waals surface area (Å²) in [4.78, 5) is 14.1. The largest absolute Gasteiger partial charge is 0.338 e. The molecule has 98 valence electrons. The number of aryl methyl sites for hydroxylation is 1. The van der Waals surface area contributed by atoms with Crippen molar-refractivity contribution in [2.45, 2.75) is 27.2 Å². The van der Waals surface area contributed by atoms with E-state index < -0.39 is 0 Å². The summed E-state index contributed by atoms with van der Waals surface area (Å²) in [5.41, 5.74) is 0.732. The van der Waals surface area contributed by atoms with Gasteiger partial charge in [0.2, 0.25) is 0 Å². The molecule has 1 fully saturated rings. The van der Waals surface area contributed by atoms with Crippen LogP contribution in [0.5, 0.6) is 0 Å². The van der Waals surface area contributed by atoms with Gasteiger partial charge in [-0.3, -0.25) is 4.79 Å². The third-order valence-electron chi connectivity index (χ3n) is 3.58. The van der Waals surface area contributed by atoms with Crippen LogP contribution in [0.15, 0.2) is 18.2 Å². The average molecular weight is 249 g/mol. The van der Waals surface area contributed by atoms with Gasteiger partial charge < -0.3 is 4.90 Å². The predicted octanol–water partition coefficient (Wildman–Crippen LogP) is 3.25. The van der Waals surface area contributed by atoms with Gasteiger partial charge in [-0.15, -0.1) is 0 Å². The van der Waals surface area contributed by atoms with E-state index in [0.29, 0.717) is 17.4 Å². The molecule has 0 spiro atoms. The van der Waals surface area contributed by atoms with Crippen LogP contribution in [-0.4, -0.2) is 23.9 Å². The number of carbonyl (C=O) groups is 1. The van der Waals surface area contributed by atoms with Crippen LogP contribution in [0, 0.1) is 24.6 Å². The summed E-state index contributed by atoms with van der Waals surface area (Å²) in [6, 6.07) is 5.00. The van der Waals surface area contributed by atoms with E-state index in [4.69, 9.17) is 0 Å². The van der Waals surface area contributed by atoms with E-state index in [1.54, 1.807) is 30.0 Å². The smallest absolute Gasteiger partial charge is 0.256 e. The normalized spacial score (nSPS) is 24.1. The number of piperidine rings is 1. The van der Waals surface area contributed by atoms with Crippen LogP contribution in [0.4, 0.5) is 4.39 Å². The Morgan fingerprint density at radius 2 is 1.89 bits per heavy atom. The number of hydrogen-bond donors (Lipinski definition) is 0. The van der Waals surface area contributed by atoms with E-state index in [1.807, 2.05) is 0 Å². The number of halogens is 1. The van der Waals surface area contributed by atoms with Crippen molar-refractivity contribution < 1.29 is 9.18 Å². The maximum Gasteiger partial charge on any atom is 0.256 e. The lowest BCUT2D eigenvalue weighted by atomic mass is 9.91. The first-order chi connectivity index (χ1) is 8.49. The molecule has 2 rings (SSSR count). The van der Waals surface area contributed by atoms with E-state index >= 15 is 0 Å². The fourth-order valence-corrected chi connectivity index (χ4v) is 2.81. The minimum Gasteiger partial charge on any atom is -0.338 e. The molecule has 0 bridgehead atoms. The molecular weight excluding hydrogens is 229 g/mol. The highest BCUT2D eigenvalue weighted by atomic mass is 19.1. The van der Waals surface area contributed by atoms with Crippen LogP contribution in [-0.2, 0) is 0 Å². The highest BCUT2D eigenvalue weighted by molar-refractivity contribution is 5.94. The second kappa shape index (κ2) is 5.09. The number of benzene rings is 1. The number of carbonyl (C=O) groups excluding carboxylic acids is 1. The zero-order valence-electron chi connectivity index (χ0n) is 11.2. The van der Waals surface area contributed by atoms with E-state index in [-0.39, 0.29) is 17.3 Å². The molecule has 1 aliphatic heterocycles. The van der Waals surface area contributed by atoms with E-state index in [9.17, 15) is 9.18 Å². The molecule has 1 aromatic carbocycles. The Hall–Kier alpha value is -1.38. The summed E-state index contributed by atoms with van der Waals surface area (Å²) in [7, 11) is 0. The Balaban J connectivity index is 2.23. The molecule has 0 aliphatic carbocycles. The standard InChI is InChI=1S/C15H20FNO/c1-10-7-11(2)9-17(8-10)15(18)13-6-4-5-12(3)14(13)16/h4-6,10-11H,7-9H2,1-3H3. The quantitative estimate of drug-likeness (QED) is 0.748. The lowest BCUT2D eigenvalue weighted by Gasteiger charge is -2.35. The van der Waals surface area contributed by atoms with Crippen molar-refractivity contribution in [2.24, 2.45) is 11.8 Å². The van der Waals surface area contributed by atoms with Crippen molar-refractivity contribution in [3.05, 3.63) is 35.1 Å². The van der Waals surface area contributed by atoms with Crippen LogP contribution in [0.1, 0.15) is 36.2 Å². The van der Waals surface area contributed by atoms with Gasteiger partial charge in [-0.2, -0.15) is 0 Å². The van der Waals surface area contributed by atoms with Gasteiger partial charge in [-0.25, -0.2) is 4.39 Å². The van der Waals surface area contributed by atoms with Gasteiger partial charge in [-0.1, -0.05) is 26.0 Å². The summed E-state index contributed by atoms with van der Waals surface area (Å²) in [5, 5.41) is 0. The first-order valence-corrected chi connectivity index (χ1v) is 6.53. The molecule has 1 heterocycles. The summed E-state index contributed by atoms with van der Waals surface area (Å²) in [6.07, 6.45) is 1.14. The summed E-state index contributed by atoms with van der Waals surface area (Å²) < 4.78 is 14.0. The van der Waals surface area contributed by atoms with Crippen molar-refractivity contribution in [3.63, 3.8) is 0 Å². The Morgan fingerprint density at radius 1 is 1.28 bits per heavy atom. The molecule has 0 radical (unpaired) electrons. The van der Waals surface area contributed by atoms with Gasteiger partial charge in [-0.05, 0) is 36.8 Å². The number of likely N-dealkylation sites (tertiary alicyclic amines) is 1. The molecule has 2 nitrogen and oxygen atoms in total. The number of rotatable bonds is 1. The molecule has 1 amide bonds.